The largest absolute Gasteiger partial charge is 0.359 e. The first-order chi connectivity index (χ1) is 7.29. The SMILES string of the molecule is CCCCCN(C)c1ncccc1CN. The van der Waals surface area contributed by atoms with Crippen LogP contribution in [0.5, 0.6) is 0 Å². The Morgan fingerprint density at radius 2 is 2.20 bits per heavy atom. The topological polar surface area (TPSA) is 42.2 Å². The third-order valence-corrected chi connectivity index (χ3v) is 2.55. The van der Waals surface area contributed by atoms with Crippen molar-refractivity contribution in [2.75, 3.05) is 18.5 Å². The molecular weight excluding hydrogens is 186 g/mol. The van der Waals surface area contributed by atoms with Crippen LogP contribution in [0.1, 0.15) is 31.7 Å². The maximum atomic E-state index is 5.68. The predicted octanol–water partition coefficient (Wildman–Crippen LogP) is 2.17. The van der Waals surface area contributed by atoms with Crippen LogP contribution in [-0.2, 0) is 6.54 Å². The van der Waals surface area contributed by atoms with Gasteiger partial charge in [-0.3, -0.25) is 0 Å². The van der Waals surface area contributed by atoms with E-state index < -0.39 is 0 Å². The normalized spacial score (nSPS) is 10.3. The highest BCUT2D eigenvalue weighted by Gasteiger charge is 2.06. The number of aromatic nitrogens is 1. The summed E-state index contributed by atoms with van der Waals surface area (Å²) in [5.74, 6) is 1.02. The minimum Gasteiger partial charge on any atom is -0.359 e. The Morgan fingerprint density at radius 1 is 1.40 bits per heavy atom. The Hall–Kier alpha value is -1.09. The van der Waals surface area contributed by atoms with Gasteiger partial charge in [0.2, 0.25) is 0 Å². The van der Waals surface area contributed by atoms with E-state index in [-0.39, 0.29) is 0 Å². The van der Waals surface area contributed by atoms with Crippen molar-refractivity contribution in [3.8, 4) is 0 Å². The van der Waals surface area contributed by atoms with Gasteiger partial charge in [0.15, 0.2) is 0 Å². The first kappa shape index (κ1) is 12.0. The number of anilines is 1. The van der Waals surface area contributed by atoms with E-state index in [0.29, 0.717) is 6.54 Å². The lowest BCUT2D eigenvalue weighted by Crippen LogP contribution is -2.21. The van der Waals surface area contributed by atoms with Crippen molar-refractivity contribution in [1.82, 2.24) is 4.98 Å². The molecule has 0 aromatic carbocycles. The average molecular weight is 207 g/mol. The summed E-state index contributed by atoms with van der Waals surface area (Å²) in [4.78, 5) is 6.57. The van der Waals surface area contributed by atoms with Crippen LogP contribution in [0.25, 0.3) is 0 Å². The molecule has 1 heterocycles. The minimum atomic E-state index is 0.557. The summed E-state index contributed by atoms with van der Waals surface area (Å²) in [6.07, 6.45) is 5.56. The first-order valence-corrected chi connectivity index (χ1v) is 5.64. The smallest absolute Gasteiger partial charge is 0.132 e. The Labute approximate surface area is 92.3 Å². The highest BCUT2D eigenvalue weighted by Crippen LogP contribution is 2.15. The molecule has 0 fully saturated rings. The summed E-state index contributed by atoms with van der Waals surface area (Å²) in [6.45, 7) is 3.82. The maximum absolute atomic E-state index is 5.68. The van der Waals surface area contributed by atoms with Gasteiger partial charge in [-0.1, -0.05) is 25.8 Å². The van der Waals surface area contributed by atoms with Crippen molar-refractivity contribution in [2.24, 2.45) is 5.73 Å². The molecule has 2 N–H and O–H groups in total. The number of hydrogen-bond acceptors (Lipinski definition) is 3. The van der Waals surface area contributed by atoms with Gasteiger partial charge in [0, 0.05) is 31.9 Å². The molecule has 0 amide bonds. The zero-order chi connectivity index (χ0) is 11.1. The number of nitrogens with zero attached hydrogens (tertiary/aromatic N) is 2. The minimum absolute atomic E-state index is 0.557. The van der Waals surface area contributed by atoms with E-state index in [0.717, 1.165) is 17.9 Å². The van der Waals surface area contributed by atoms with Gasteiger partial charge in [0.1, 0.15) is 5.82 Å². The summed E-state index contributed by atoms with van der Waals surface area (Å²) in [5.41, 5.74) is 6.80. The Kier molecular flexibility index (Phi) is 5.12. The molecule has 0 bridgehead atoms. The monoisotopic (exact) mass is 207 g/mol. The first-order valence-electron chi connectivity index (χ1n) is 5.64. The zero-order valence-electron chi connectivity index (χ0n) is 9.74. The molecule has 1 aromatic rings. The van der Waals surface area contributed by atoms with Crippen molar-refractivity contribution < 1.29 is 0 Å². The Balaban J connectivity index is 2.59. The van der Waals surface area contributed by atoms with Crippen molar-refractivity contribution in [3.05, 3.63) is 23.9 Å². The van der Waals surface area contributed by atoms with Crippen LogP contribution >= 0.6 is 0 Å². The van der Waals surface area contributed by atoms with Gasteiger partial charge in [-0.05, 0) is 12.5 Å². The molecule has 0 saturated carbocycles. The molecule has 0 saturated heterocycles. The lowest BCUT2D eigenvalue weighted by atomic mass is 10.2. The van der Waals surface area contributed by atoms with Crippen LogP contribution in [0.2, 0.25) is 0 Å². The van der Waals surface area contributed by atoms with Gasteiger partial charge in [0.05, 0.1) is 0 Å². The molecule has 15 heavy (non-hydrogen) atoms. The third kappa shape index (κ3) is 3.51. The molecule has 84 valence electrons. The fraction of sp³-hybridized carbons (Fsp3) is 0.583. The Morgan fingerprint density at radius 3 is 2.87 bits per heavy atom. The maximum Gasteiger partial charge on any atom is 0.132 e. The van der Waals surface area contributed by atoms with E-state index in [1.165, 1.54) is 19.3 Å². The molecule has 0 aliphatic rings. The van der Waals surface area contributed by atoms with Crippen molar-refractivity contribution in [1.29, 1.82) is 0 Å². The summed E-state index contributed by atoms with van der Waals surface area (Å²) in [6, 6.07) is 3.98. The van der Waals surface area contributed by atoms with E-state index in [1.54, 1.807) is 0 Å². The summed E-state index contributed by atoms with van der Waals surface area (Å²) in [5, 5.41) is 0. The molecule has 1 aromatic heterocycles. The number of nitrogens with two attached hydrogens (primary N) is 1. The van der Waals surface area contributed by atoms with E-state index in [2.05, 4.69) is 23.9 Å². The molecule has 3 heteroatoms. The standard InChI is InChI=1S/C12H21N3/c1-3-4-5-9-15(2)12-11(10-13)7-6-8-14-12/h6-8H,3-5,9-10,13H2,1-2H3. The Bertz CT molecular complexity index is 286. The number of hydrogen-bond donors (Lipinski definition) is 1. The molecule has 0 atom stereocenters. The van der Waals surface area contributed by atoms with E-state index >= 15 is 0 Å². The van der Waals surface area contributed by atoms with E-state index in [9.17, 15) is 0 Å². The second-order valence-electron chi connectivity index (χ2n) is 3.82. The van der Waals surface area contributed by atoms with E-state index in [1.807, 2.05) is 18.3 Å². The quantitative estimate of drug-likeness (QED) is 0.727. The number of pyridine rings is 1. The second-order valence-corrected chi connectivity index (χ2v) is 3.82. The lowest BCUT2D eigenvalue weighted by molar-refractivity contribution is 0.699. The molecule has 0 aliphatic heterocycles. The summed E-state index contributed by atoms with van der Waals surface area (Å²) in [7, 11) is 2.08. The fourth-order valence-electron chi connectivity index (χ4n) is 1.64. The molecule has 0 spiro atoms. The molecule has 0 unspecified atom stereocenters. The van der Waals surface area contributed by atoms with Crippen LogP contribution in [0, 0.1) is 0 Å². The van der Waals surface area contributed by atoms with Crippen LogP contribution in [0.4, 0.5) is 5.82 Å². The van der Waals surface area contributed by atoms with E-state index in [4.69, 9.17) is 5.73 Å². The predicted molar refractivity (Wildman–Crippen MR) is 64.9 cm³/mol. The van der Waals surface area contributed by atoms with Crippen molar-refractivity contribution in [2.45, 2.75) is 32.7 Å². The average Bonchev–Trinajstić information content (AvgIpc) is 2.29. The molecule has 0 aliphatic carbocycles. The second kappa shape index (κ2) is 6.40. The molecular formula is C12H21N3. The van der Waals surface area contributed by atoms with Crippen LogP contribution in [-0.4, -0.2) is 18.6 Å². The summed E-state index contributed by atoms with van der Waals surface area (Å²) >= 11 is 0. The highest BCUT2D eigenvalue weighted by atomic mass is 15.2. The number of rotatable bonds is 6. The molecule has 1 rings (SSSR count). The molecule has 3 nitrogen and oxygen atoms in total. The van der Waals surface area contributed by atoms with Gasteiger partial charge in [-0.25, -0.2) is 4.98 Å². The van der Waals surface area contributed by atoms with Crippen LogP contribution in [0.15, 0.2) is 18.3 Å². The van der Waals surface area contributed by atoms with Gasteiger partial charge in [-0.2, -0.15) is 0 Å². The molecule has 0 radical (unpaired) electrons. The fourth-order valence-corrected chi connectivity index (χ4v) is 1.64. The van der Waals surface area contributed by atoms with Gasteiger partial charge >= 0.3 is 0 Å². The van der Waals surface area contributed by atoms with Crippen LogP contribution < -0.4 is 10.6 Å². The van der Waals surface area contributed by atoms with Crippen molar-refractivity contribution >= 4 is 5.82 Å². The highest BCUT2D eigenvalue weighted by molar-refractivity contribution is 5.45. The van der Waals surface area contributed by atoms with Crippen molar-refractivity contribution in [3.63, 3.8) is 0 Å². The third-order valence-electron chi connectivity index (χ3n) is 2.55. The van der Waals surface area contributed by atoms with Gasteiger partial charge < -0.3 is 10.6 Å². The van der Waals surface area contributed by atoms with Crippen LogP contribution in [0.3, 0.4) is 0 Å². The summed E-state index contributed by atoms with van der Waals surface area (Å²) < 4.78 is 0. The van der Waals surface area contributed by atoms with Gasteiger partial charge in [-0.15, -0.1) is 0 Å². The zero-order valence-corrected chi connectivity index (χ0v) is 9.74. The number of unbranched alkanes of at least 4 members (excludes halogenated alkanes) is 2. The van der Waals surface area contributed by atoms with Gasteiger partial charge in [0.25, 0.3) is 0 Å². The lowest BCUT2D eigenvalue weighted by Gasteiger charge is -2.20.